The molecular formula is C16H23N3O2. The number of ether oxygens (including phenoxy) is 1. The van der Waals surface area contributed by atoms with Crippen molar-refractivity contribution in [2.45, 2.75) is 26.0 Å². The number of aliphatic hydroxyl groups excluding tert-OH is 1. The summed E-state index contributed by atoms with van der Waals surface area (Å²) in [5.74, 6) is 0.790. The van der Waals surface area contributed by atoms with Crippen molar-refractivity contribution in [3.8, 4) is 5.75 Å². The van der Waals surface area contributed by atoms with Crippen LogP contribution in [0.5, 0.6) is 5.75 Å². The van der Waals surface area contributed by atoms with Gasteiger partial charge in [-0.3, -0.25) is 4.68 Å². The van der Waals surface area contributed by atoms with E-state index in [2.05, 4.69) is 17.3 Å². The normalized spacial score (nSPS) is 12.3. The Morgan fingerprint density at radius 3 is 2.67 bits per heavy atom. The summed E-state index contributed by atoms with van der Waals surface area (Å²) in [6, 6.07) is 9.92. The van der Waals surface area contributed by atoms with E-state index in [0.717, 1.165) is 17.9 Å². The molecule has 0 bridgehead atoms. The minimum absolute atomic E-state index is 0.282. The Kier molecular flexibility index (Phi) is 5.78. The lowest BCUT2D eigenvalue weighted by Crippen LogP contribution is -2.31. The average molecular weight is 289 g/mol. The number of hydrogen-bond donors (Lipinski definition) is 2. The van der Waals surface area contributed by atoms with Crippen molar-refractivity contribution in [3.63, 3.8) is 0 Å². The third-order valence-electron chi connectivity index (χ3n) is 3.38. The van der Waals surface area contributed by atoms with Crippen LogP contribution < -0.4 is 10.1 Å². The lowest BCUT2D eigenvalue weighted by molar-refractivity contribution is 0.106. The molecule has 0 aliphatic heterocycles. The molecule has 1 unspecified atom stereocenters. The van der Waals surface area contributed by atoms with Gasteiger partial charge in [-0.1, -0.05) is 19.1 Å². The first kappa shape index (κ1) is 15.5. The van der Waals surface area contributed by atoms with Crippen molar-refractivity contribution in [3.05, 3.63) is 47.8 Å². The first-order chi connectivity index (χ1) is 10.2. The molecule has 1 heterocycles. The lowest BCUT2D eigenvalue weighted by Gasteiger charge is -2.13. The summed E-state index contributed by atoms with van der Waals surface area (Å²) in [4.78, 5) is 0. The predicted octanol–water partition coefficient (Wildman–Crippen LogP) is 1.51. The predicted molar refractivity (Wildman–Crippen MR) is 82.2 cm³/mol. The Labute approximate surface area is 125 Å². The zero-order valence-corrected chi connectivity index (χ0v) is 12.6. The molecule has 2 rings (SSSR count). The number of aryl methyl sites for hydroxylation is 2. The van der Waals surface area contributed by atoms with E-state index in [1.54, 1.807) is 6.20 Å². The van der Waals surface area contributed by atoms with Crippen LogP contribution >= 0.6 is 0 Å². The van der Waals surface area contributed by atoms with Gasteiger partial charge in [-0.25, -0.2) is 0 Å². The summed E-state index contributed by atoms with van der Waals surface area (Å²) < 4.78 is 7.38. The highest BCUT2D eigenvalue weighted by Gasteiger charge is 2.06. The number of benzene rings is 1. The second-order valence-corrected chi connectivity index (χ2v) is 5.04. The van der Waals surface area contributed by atoms with Crippen LogP contribution in [0, 0.1) is 0 Å². The fourth-order valence-electron chi connectivity index (χ4n) is 2.01. The van der Waals surface area contributed by atoms with Crippen LogP contribution in [0.15, 0.2) is 36.5 Å². The second-order valence-electron chi connectivity index (χ2n) is 5.04. The quantitative estimate of drug-likeness (QED) is 0.773. The van der Waals surface area contributed by atoms with E-state index < -0.39 is 6.10 Å². The van der Waals surface area contributed by atoms with Gasteiger partial charge in [-0.05, 0) is 30.2 Å². The maximum Gasteiger partial charge on any atom is 0.119 e. The van der Waals surface area contributed by atoms with Crippen molar-refractivity contribution in [2.75, 3.05) is 13.2 Å². The fourth-order valence-corrected chi connectivity index (χ4v) is 2.01. The van der Waals surface area contributed by atoms with Crippen LogP contribution in [0.1, 0.15) is 18.2 Å². The van der Waals surface area contributed by atoms with Crippen LogP contribution in [0.2, 0.25) is 0 Å². The van der Waals surface area contributed by atoms with Gasteiger partial charge < -0.3 is 15.2 Å². The third-order valence-corrected chi connectivity index (χ3v) is 3.38. The fraction of sp³-hybridized carbons (Fsp3) is 0.438. The topological polar surface area (TPSA) is 59.3 Å². The number of aliphatic hydroxyl groups is 1. The van der Waals surface area contributed by atoms with Crippen LogP contribution in [-0.2, 0) is 20.0 Å². The first-order valence-corrected chi connectivity index (χ1v) is 7.26. The summed E-state index contributed by atoms with van der Waals surface area (Å²) in [6.45, 7) is 3.56. The smallest absolute Gasteiger partial charge is 0.119 e. The molecule has 0 spiro atoms. The van der Waals surface area contributed by atoms with Crippen molar-refractivity contribution in [1.82, 2.24) is 15.1 Å². The van der Waals surface area contributed by atoms with E-state index in [-0.39, 0.29) is 6.61 Å². The molecule has 1 aromatic carbocycles. The second kappa shape index (κ2) is 7.81. The van der Waals surface area contributed by atoms with Gasteiger partial charge in [0.1, 0.15) is 18.5 Å². The zero-order valence-electron chi connectivity index (χ0n) is 12.6. The number of nitrogens with zero attached hydrogens (tertiary/aromatic N) is 2. The standard InChI is InChI=1S/C16H23N3O2/c1-3-13-4-6-16(7-5-13)21-12-15(20)11-17-10-14-8-9-18-19(14)2/h4-9,15,17,20H,3,10-12H2,1-2H3. The maximum absolute atomic E-state index is 9.90. The number of rotatable bonds is 8. The van der Waals surface area contributed by atoms with E-state index in [1.807, 2.05) is 42.1 Å². The van der Waals surface area contributed by atoms with Gasteiger partial charge in [0, 0.05) is 26.3 Å². The summed E-state index contributed by atoms with van der Waals surface area (Å²) in [7, 11) is 1.90. The number of nitrogens with one attached hydrogen (secondary N) is 1. The highest BCUT2D eigenvalue weighted by molar-refractivity contribution is 5.27. The van der Waals surface area contributed by atoms with E-state index >= 15 is 0 Å². The number of aromatic nitrogens is 2. The summed E-state index contributed by atoms with van der Waals surface area (Å²) in [5, 5.41) is 17.2. The van der Waals surface area contributed by atoms with E-state index in [0.29, 0.717) is 13.1 Å². The molecule has 5 heteroatoms. The molecular weight excluding hydrogens is 266 g/mol. The largest absolute Gasteiger partial charge is 0.491 e. The van der Waals surface area contributed by atoms with Crippen LogP contribution in [0.3, 0.4) is 0 Å². The number of hydrogen-bond acceptors (Lipinski definition) is 4. The SMILES string of the molecule is CCc1ccc(OCC(O)CNCc2ccnn2C)cc1. The molecule has 0 saturated heterocycles. The van der Waals surface area contributed by atoms with Gasteiger partial charge in [0.2, 0.25) is 0 Å². The van der Waals surface area contributed by atoms with Crippen LogP contribution in [-0.4, -0.2) is 34.1 Å². The van der Waals surface area contributed by atoms with E-state index in [9.17, 15) is 5.11 Å². The summed E-state index contributed by atoms with van der Waals surface area (Å²) >= 11 is 0. The molecule has 0 aliphatic carbocycles. The Bertz CT molecular complexity index is 537. The Balaban J connectivity index is 1.67. The molecule has 0 radical (unpaired) electrons. The van der Waals surface area contributed by atoms with E-state index in [1.165, 1.54) is 5.56 Å². The van der Waals surface area contributed by atoms with Gasteiger partial charge in [-0.2, -0.15) is 5.10 Å². The van der Waals surface area contributed by atoms with Crippen molar-refractivity contribution >= 4 is 0 Å². The molecule has 114 valence electrons. The van der Waals surface area contributed by atoms with Crippen molar-refractivity contribution in [2.24, 2.45) is 7.05 Å². The van der Waals surface area contributed by atoms with E-state index in [4.69, 9.17) is 4.74 Å². The van der Waals surface area contributed by atoms with Crippen LogP contribution in [0.25, 0.3) is 0 Å². The molecule has 1 aromatic heterocycles. The Morgan fingerprint density at radius 2 is 2.05 bits per heavy atom. The molecule has 0 fully saturated rings. The van der Waals surface area contributed by atoms with Crippen molar-refractivity contribution in [1.29, 1.82) is 0 Å². The molecule has 5 nitrogen and oxygen atoms in total. The highest BCUT2D eigenvalue weighted by atomic mass is 16.5. The maximum atomic E-state index is 9.90. The molecule has 0 aliphatic rings. The molecule has 1 atom stereocenters. The first-order valence-electron chi connectivity index (χ1n) is 7.26. The molecule has 2 aromatic rings. The minimum atomic E-state index is -0.538. The average Bonchev–Trinajstić information content (AvgIpc) is 2.91. The summed E-state index contributed by atoms with van der Waals surface area (Å²) in [6.07, 6.45) is 2.24. The Hall–Kier alpha value is -1.85. The van der Waals surface area contributed by atoms with Gasteiger partial charge in [0.25, 0.3) is 0 Å². The summed E-state index contributed by atoms with van der Waals surface area (Å²) in [5.41, 5.74) is 2.36. The van der Waals surface area contributed by atoms with Crippen LogP contribution in [0.4, 0.5) is 0 Å². The molecule has 0 amide bonds. The minimum Gasteiger partial charge on any atom is -0.491 e. The molecule has 0 saturated carbocycles. The van der Waals surface area contributed by atoms with Gasteiger partial charge in [-0.15, -0.1) is 0 Å². The lowest BCUT2D eigenvalue weighted by atomic mass is 10.2. The van der Waals surface area contributed by atoms with Crippen molar-refractivity contribution < 1.29 is 9.84 Å². The molecule has 21 heavy (non-hydrogen) atoms. The monoisotopic (exact) mass is 289 g/mol. The third kappa shape index (κ3) is 4.88. The highest BCUT2D eigenvalue weighted by Crippen LogP contribution is 2.12. The molecule has 2 N–H and O–H groups in total. The van der Waals surface area contributed by atoms with Gasteiger partial charge in [0.05, 0.1) is 5.69 Å². The van der Waals surface area contributed by atoms with Gasteiger partial charge in [0.15, 0.2) is 0 Å². The Morgan fingerprint density at radius 1 is 1.29 bits per heavy atom. The zero-order chi connectivity index (χ0) is 15.1. The van der Waals surface area contributed by atoms with Gasteiger partial charge >= 0.3 is 0 Å².